The van der Waals surface area contributed by atoms with Crippen LogP contribution in [0.1, 0.15) is 42.1 Å². The second-order valence-corrected chi connectivity index (χ2v) is 6.20. The lowest BCUT2D eigenvalue weighted by Gasteiger charge is -2.17. The number of ether oxygens (including phenoxy) is 3. The molecular weight excluding hydrogens is 332 g/mol. The van der Waals surface area contributed by atoms with E-state index < -0.39 is 0 Å². The summed E-state index contributed by atoms with van der Waals surface area (Å²) in [5.74, 6) is 1.07. The van der Waals surface area contributed by atoms with Crippen molar-refractivity contribution in [1.82, 2.24) is 0 Å². The Labute approximate surface area is 152 Å². The minimum absolute atomic E-state index is 0.174. The molecule has 0 saturated carbocycles. The van der Waals surface area contributed by atoms with Gasteiger partial charge in [-0.05, 0) is 36.1 Å². The number of aryl methyl sites for hydroxylation is 1. The van der Waals surface area contributed by atoms with Crippen LogP contribution in [0.2, 0.25) is 0 Å². The smallest absolute Gasteiger partial charge is 0.311 e. The Kier molecular flexibility index (Phi) is 5.26. The third kappa shape index (κ3) is 3.29. The van der Waals surface area contributed by atoms with Crippen molar-refractivity contribution >= 4 is 11.8 Å². The topological polar surface area (TPSA) is 61.8 Å². The first-order valence-corrected chi connectivity index (χ1v) is 8.71. The van der Waals surface area contributed by atoms with Crippen LogP contribution in [-0.4, -0.2) is 26.0 Å². The fraction of sp³-hybridized carbons (Fsp3) is 0.333. The van der Waals surface area contributed by atoms with Gasteiger partial charge in [0.25, 0.3) is 0 Å². The summed E-state index contributed by atoms with van der Waals surface area (Å²) >= 11 is 0. The molecule has 2 aromatic rings. The molecular formula is C21H22O5. The molecule has 0 unspecified atom stereocenters. The molecule has 0 spiro atoms. The summed E-state index contributed by atoms with van der Waals surface area (Å²) < 4.78 is 16.4. The number of rotatable bonds is 6. The predicted molar refractivity (Wildman–Crippen MR) is 98.2 cm³/mol. The van der Waals surface area contributed by atoms with Crippen molar-refractivity contribution in [3.8, 4) is 28.4 Å². The summed E-state index contributed by atoms with van der Waals surface area (Å²) in [5, 5.41) is 0. The number of fused-ring (bicyclic) bond motifs is 1. The summed E-state index contributed by atoms with van der Waals surface area (Å²) in [6.45, 7) is 1.92. The number of benzene rings is 2. The average Bonchev–Trinajstić information content (AvgIpc) is 3.01. The lowest BCUT2D eigenvalue weighted by molar-refractivity contribution is -0.134. The molecule has 0 heterocycles. The molecule has 3 rings (SSSR count). The summed E-state index contributed by atoms with van der Waals surface area (Å²) in [4.78, 5) is 24.0. The molecule has 0 aliphatic heterocycles. The van der Waals surface area contributed by atoms with Gasteiger partial charge in [-0.3, -0.25) is 9.59 Å². The zero-order chi connectivity index (χ0) is 18.7. The van der Waals surface area contributed by atoms with E-state index in [0.717, 1.165) is 28.7 Å². The molecule has 0 N–H and O–H groups in total. The zero-order valence-electron chi connectivity index (χ0n) is 15.3. The molecule has 2 aromatic carbocycles. The largest absolute Gasteiger partial charge is 0.493 e. The van der Waals surface area contributed by atoms with Gasteiger partial charge >= 0.3 is 5.97 Å². The normalized spacial score (nSPS) is 12.7. The van der Waals surface area contributed by atoms with Gasteiger partial charge in [0.2, 0.25) is 5.75 Å². The van der Waals surface area contributed by atoms with Crippen molar-refractivity contribution in [1.29, 1.82) is 0 Å². The van der Waals surface area contributed by atoms with Gasteiger partial charge in [-0.1, -0.05) is 25.1 Å². The van der Waals surface area contributed by atoms with Gasteiger partial charge in [0.15, 0.2) is 17.3 Å². The maximum Gasteiger partial charge on any atom is 0.311 e. The molecule has 0 atom stereocenters. The molecule has 1 aliphatic rings. The molecule has 1 aliphatic carbocycles. The molecule has 136 valence electrons. The Balaban J connectivity index is 2.11. The fourth-order valence-corrected chi connectivity index (χ4v) is 3.22. The van der Waals surface area contributed by atoms with Gasteiger partial charge < -0.3 is 14.2 Å². The van der Waals surface area contributed by atoms with Crippen LogP contribution in [0.25, 0.3) is 11.1 Å². The van der Waals surface area contributed by atoms with Crippen molar-refractivity contribution < 1.29 is 23.8 Å². The highest BCUT2D eigenvalue weighted by molar-refractivity contribution is 6.01. The second-order valence-electron chi connectivity index (χ2n) is 6.20. The minimum atomic E-state index is -0.323. The van der Waals surface area contributed by atoms with E-state index in [1.807, 2.05) is 31.2 Å². The highest BCUT2D eigenvalue weighted by Gasteiger charge is 2.23. The van der Waals surface area contributed by atoms with E-state index in [1.54, 1.807) is 6.07 Å². The number of carbonyl (C=O) groups is 2. The number of methoxy groups -OCH3 is 2. The monoisotopic (exact) mass is 354 g/mol. The highest BCUT2D eigenvalue weighted by atomic mass is 16.6. The van der Waals surface area contributed by atoms with E-state index in [1.165, 1.54) is 14.2 Å². The second kappa shape index (κ2) is 7.60. The van der Waals surface area contributed by atoms with Crippen molar-refractivity contribution in [2.45, 2.75) is 32.6 Å². The Morgan fingerprint density at radius 3 is 2.46 bits per heavy atom. The Bertz CT molecular complexity index is 854. The molecule has 0 aromatic heterocycles. The van der Waals surface area contributed by atoms with Gasteiger partial charge in [-0.2, -0.15) is 0 Å². The third-order valence-electron chi connectivity index (χ3n) is 4.51. The molecule has 5 nitrogen and oxygen atoms in total. The molecule has 26 heavy (non-hydrogen) atoms. The molecule has 0 fully saturated rings. The van der Waals surface area contributed by atoms with Crippen LogP contribution in [0, 0.1) is 0 Å². The van der Waals surface area contributed by atoms with Crippen molar-refractivity contribution in [2.24, 2.45) is 0 Å². The first-order valence-electron chi connectivity index (χ1n) is 8.71. The van der Waals surface area contributed by atoms with E-state index >= 15 is 0 Å². The van der Waals surface area contributed by atoms with Gasteiger partial charge in [0.05, 0.1) is 14.2 Å². The SMILES string of the molecule is CCCC(=O)Oc1c(-c2ccc3c(c2)CCC3=O)ccc(OC)c1OC. The van der Waals surface area contributed by atoms with Gasteiger partial charge in [0, 0.05) is 24.0 Å². The number of carbonyl (C=O) groups excluding carboxylic acids is 2. The molecule has 0 amide bonds. The van der Waals surface area contributed by atoms with Crippen LogP contribution in [0.5, 0.6) is 17.2 Å². The first-order chi connectivity index (χ1) is 12.6. The van der Waals surface area contributed by atoms with E-state index in [0.29, 0.717) is 36.5 Å². The molecule has 5 heteroatoms. The van der Waals surface area contributed by atoms with Gasteiger partial charge in [-0.25, -0.2) is 0 Å². The average molecular weight is 354 g/mol. The number of esters is 1. The highest BCUT2D eigenvalue weighted by Crippen LogP contribution is 2.45. The number of Topliss-reactive ketones (excluding diaryl/α,β-unsaturated/α-hetero) is 1. The zero-order valence-corrected chi connectivity index (χ0v) is 15.3. The Morgan fingerprint density at radius 1 is 1.00 bits per heavy atom. The van der Waals surface area contributed by atoms with Crippen LogP contribution in [0.4, 0.5) is 0 Å². The summed E-state index contributed by atoms with van der Waals surface area (Å²) in [7, 11) is 3.05. The lowest BCUT2D eigenvalue weighted by Crippen LogP contribution is -2.09. The van der Waals surface area contributed by atoms with Crippen LogP contribution >= 0.6 is 0 Å². The van der Waals surface area contributed by atoms with Gasteiger partial charge in [-0.15, -0.1) is 0 Å². The van der Waals surface area contributed by atoms with Crippen LogP contribution in [-0.2, 0) is 11.2 Å². The minimum Gasteiger partial charge on any atom is -0.493 e. The van der Waals surface area contributed by atoms with E-state index in [4.69, 9.17) is 14.2 Å². The van der Waals surface area contributed by atoms with E-state index in [-0.39, 0.29) is 11.8 Å². The quantitative estimate of drug-likeness (QED) is 0.574. The summed E-state index contributed by atoms with van der Waals surface area (Å²) in [5.41, 5.74) is 3.40. The molecule has 0 bridgehead atoms. The van der Waals surface area contributed by atoms with Crippen molar-refractivity contribution in [3.63, 3.8) is 0 Å². The maximum atomic E-state index is 12.1. The summed E-state index contributed by atoms with van der Waals surface area (Å²) in [6.07, 6.45) is 2.29. The number of hydrogen-bond acceptors (Lipinski definition) is 5. The predicted octanol–water partition coefficient (Wildman–Crippen LogP) is 4.21. The summed E-state index contributed by atoms with van der Waals surface area (Å²) in [6, 6.07) is 9.32. The standard InChI is InChI=1S/C21H22O5/c1-4-5-19(23)26-20-16(9-11-18(24-2)21(20)25-3)14-6-8-15-13(12-14)7-10-17(15)22/h6,8-9,11-12H,4-5,7,10H2,1-3H3. The van der Waals surface area contributed by atoms with E-state index in [9.17, 15) is 9.59 Å². The van der Waals surface area contributed by atoms with Crippen LogP contribution in [0.15, 0.2) is 30.3 Å². The third-order valence-corrected chi connectivity index (χ3v) is 4.51. The van der Waals surface area contributed by atoms with Gasteiger partial charge in [0.1, 0.15) is 0 Å². The van der Waals surface area contributed by atoms with Crippen molar-refractivity contribution in [2.75, 3.05) is 14.2 Å². The van der Waals surface area contributed by atoms with Crippen LogP contribution < -0.4 is 14.2 Å². The maximum absolute atomic E-state index is 12.1. The molecule has 0 radical (unpaired) electrons. The Morgan fingerprint density at radius 2 is 1.77 bits per heavy atom. The van der Waals surface area contributed by atoms with E-state index in [2.05, 4.69) is 0 Å². The number of ketones is 1. The van der Waals surface area contributed by atoms with Crippen LogP contribution in [0.3, 0.4) is 0 Å². The first kappa shape index (κ1) is 18.0. The fourth-order valence-electron chi connectivity index (χ4n) is 3.22. The molecule has 0 saturated heterocycles. The lowest BCUT2D eigenvalue weighted by atomic mass is 9.99. The Hall–Kier alpha value is -2.82. The van der Waals surface area contributed by atoms with Crippen molar-refractivity contribution in [3.05, 3.63) is 41.5 Å². The number of hydrogen-bond donors (Lipinski definition) is 0.